The molecular formula is C40H32F6N6O4. The van der Waals surface area contributed by atoms with E-state index in [1.165, 1.54) is 24.8 Å². The third-order valence-electron chi connectivity index (χ3n) is 10.4. The predicted octanol–water partition coefficient (Wildman–Crippen LogP) is 10.2. The number of hydrogen-bond acceptors (Lipinski definition) is 4. The number of aromatic nitrogens is 4. The van der Waals surface area contributed by atoms with Crippen LogP contribution in [0.4, 0.5) is 26.3 Å². The lowest BCUT2D eigenvalue weighted by molar-refractivity contribution is -0.498. The number of aryl methyl sites for hydroxylation is 2. The molecule has 0 bridgehead atoms. The summed E-state index contributed by atoms with van der Waals surface area (Å²) in [6.45, 7) is 0.924. The molecule has 8 aromatic rings. The molecule has 0 spiro atoms. The molecule has 0 fully saturated rings. The first-order valence-corrected chi connectivity index (χ1v) is 17.1. The van der Waals surface area contributed by atoms with E-state index in [0.717, 1.165) is 11.1 Å². The van der Waals surface area contributed by atoms with Gasteiger partial charge in [-0.2, -0.15) is 26.3 Å². The van der Waals surface area contributed by atoms with Gasteiger partial charge in [0.2, 0.25) is 13.1 Å². The number of nitrogens with one attached hydrogen (secondary N) is 4. The molecule has 2 atom stereocenters. The lowest BCUT2D eigenvalue weighted by atomic mass is 9.73. The lowest BCUT2D eigenvalue weighted by Gasteiger charge is -2.32. The number of benzene rings is 4. The Kier molecular flexibility index (Phi) is 9.17. The van der Waals surface area contributed by atoms with Crippen molar-refractivity contribution in [1.82, 2.24) is 19.9 Å². The molecule has 16 heteroatoms. The van der Waals surface area contributed by atoms with Gasteiger partial charge in [-0.15, -0.1) is 0 Å². The summed E-state index contributed by atoms with van der Waals surface area (Å²) in [6, 6.07) is 23.1. The number of hydrogen-bond donors (Lipinski definition) is 4. The molecule has 4 heterocycles. The fourth-order valence-corrected chi connectivity index (χ4v) is 7.83. The van der Waals surface area contributed by atoms with Crippen LogP contribution < -0.4 is 0 Å². The van der Waals surface area contributed by atoms with E-state index < -0.39 is 46.1 Å². The van der Waals surface area contributed by atoms with Gasteiger partial charge in [0.15, 0.2) is 10.8 Å². The zero-order chi connectivity index (χ0) is 40.2. The molecule has 0 aliphatic carbocycles. The molecule has 8 rings (SSSR count). The molecule has 4 N–H and O–H groups in total. The molecule has 0 unspecified atom stereocenters. The third kappa shape index (κ3) is 6.10. The van der Waals surface area contributed by atoms with Crippen molar-refractivity contribution in [3.63, 3.8) is 0 Å². The highest BCUT2D eigenvalue weighted by molar-refractivity contribution is 5.91. The van der Waals surface area contributed by atoms with Gasteiger partial charge in [-0.25, -0.2) is 0 Å². The summed E-state index contributed by atoms with van der Waals surface area (Å²) in [4.78, 5) is 32.5. The summed E-state index contributed by atoms with van der Waals surface area (Å²) in [7, 11) is 0. The Bertz CT molecular complexity index is 2570. The van der Waals surface area contributed by atoms with Crippen molar-refractivity contribution in [2.24, 2.45) is 0 Å². The first-order chi connectivity index (χ1) is 26.5. The van der Waals surface area contributed by atoms with Gasteiger partial charge in [-0.3, -0.25) is 20.2 Å². The van der Waals surface area contributed by atoms with Crippen LogP contribution in [-0.2, 0) is 10.8 Å². The van der Waals surface area contributed by atoms with Crippen molar-refractivity contribution in [2.45, 2.75) is 37.0 Å². The normalized spacial score (nSPS) is 14.4. The Morgan fingerprint density at radius 3 is 1.11 bits per heavy atom. The maximum Gasteiger partial charge on any atom is 0.408 e. The van der Waals surface area contributed by atoms with Crippen molar-refractivity contribution < 1.29 is 36.2 Å². The van der Waals surface area contributed by atoms with Crippen LogP contribution in [0.15, 0.2) is 110 Å². The Balaban J connectivity index is 0.000000172. The smallest absolute Gasteiger partial charge is 0.361 e. The first-order valence-electron chi connectivity index (χ1n) is 17.1. The predicted molar refractivity (Wildman–Crippen MR) is 200 cm³/mol. The van der Waals surface area contributed by atoms with Gasteiger partial charge in [-0.1, -0.05) is 59.7 Å². The van der Waals surface area contributed by atoms with Crippen molar-refractivity contribution in [2.75, 3.05) is 13.1 Å². The van der Waals surface area contributed by atoms with Gasteiger partial charge in [0.1, 0.15) is 0 Å². The second-order valence-corrected chi connectivity index (χ2v) is 13.8. The van der Waals surface area contributed by atoms with Gasteiger partial charge in [-0.05, 0) is 50.2 Å². The highest BCUT2D eigenvalue weighted by Crippen LogP contribution is 2.52. The Hall–Kier alpha value is -6.58. The number of aromatic amines is 4. The number of H-pyrrole nitrogens is 4. The highest BCUT2D eigenvalue weighted by atomic mass is 19.4. The second-order valence-electron chi connectivity index (χ2n) is 13.8. The molecule has 288 valence electrons. The van der Waals surface area contributed by atoms with Crippen LogP contribution in [0.2, 0.25) is 0 Å². The van der Waals surface area contributed by atoms with Crippen LogP contribution >= 0.6 is 0 Å². The largest absolute Gasteiger partial charge is 0.408 e. The summed E-state index contributed by atoms with van der Waals surface area (Å²) in [5, 5.41) is 24.2. The Morgan fingerprint density at radius 2 is 0.786 bits per heavy atom. The maximum atomic E-state index is 14.7. The summed E-state index contributed by atoms with van der Waals surface area (Å²) in [5.74, 6) is 0. The number of para-hydroxylation sites is 2. The molecule has 4 aromatic carbocycles. The van der Waals surface area contributed by atoms with Gasteiger partial charge < -0.3 is 19.9 Å². The lowest BCUT2D eigenvalue weighted by Crippen LogP contribution is -2.48. The minimum Gasteiger partial charge on any atom is -0.361 e. The molecule has 0 radical (unpaired) electrons. The molecule has 0 saturated carbocycles. The number of alkyl halides is 6. The average molecular weight is 775 g/mol. The minimum absolute atomic E-state index is 0.153. The van der Waals surface area contributed by atoms with Crippen molar-refractivity contribution >= 4 is 43.6 Å². The molecular weight excluding hydrogens is 742 g/mol. The van der Waals surface area contributed by atoms with Gasteiger partial charge >= 0.3 is 12.4 Å². The quantitative estimate of drug-likeness (QED) is 0.0691. The van der Waals surface area contributed by atoms with Crippen LogP contribution in [0, 0.1) is 34.1 Å². The van der Waals surface area contributed by atoms with Crippen LogP contribution in [0.5, 0.6) is 0 Å². The van der Waals surface area contributed by atoms with Crippen LogP contribution in [0.25, 0.3) is 43.6 Å². The molecule has 4 aromatic heterocycles. The molecule has 0 aliphatic rings. The standard InChI is InChI=1S/2C20H16F3N3O2/c2*1-12-6-7-18-14(8-12)16(10-25-18)19(11-26(27)28,20(21,22)23)15-9-24-17-5-3-2-4-13(15)17/h2*2-10,24-25H,11H2,1H3/t2*19-/m00/s1. The molecule has 0 amide bonds. The van der Waals surface area contributed by atoms with Crippen molar-refractivity contribution in [3.05, 3.63) is 163 Å². The van der Waals surface area contributed by atoms with Crippen LogP contribution in [0.1, 0.15) is 33.4 Å². The van der Waals surface area contributed by atoms with E-state index in [1.54, 1.807) is 98.8 Å². The number of rotatable bonds is 8. The molecule has 56 heavy (non-hydrogen) atoms. The van der Waals surface area contributed by atoms with E-state index in [1.807, 2.05) is 0 Å². The van der Waals surface area contributed by atoms with E-state index >= 15 is 0 Å². The Morgan fingerprint density at radius 1 is 0.482 bits per heavy atom. The fraction of sp³-hybridized carbons (Fsp3) is 0.200. The Labute approximate surface area is 312 Å². The monoisotopic (exact) mass is 774 g/mol. The number of nitro groups is 2. The zero-order valence-corrected chi connectivity index (χ0v) is 29.6. The fourth-order valence-electron chi connectivity index (χ4n) is 7.83. The highest BCUT2D eigenvalue weighted by Gasteiger charge is 2.64. The first kappa shape index (κ1) is 37.7. The summed E-state index contributed by atoms with van der Waals surface area (Å²) in [5.41, 5.74) is -2.71. The van der Waals surface area contributed by atoms with Crippen molar-refractivity contribution in [1.29, 1.82) is 0 Å². The zero-order valence-electron chi connectivity index (χ0n) is 29.6. The SMILES string of the molecule is Cc1ccc2[nH]cc([C@](C[N+](=O)[O-])(c3c[nH]c4ccccc34)C(F)(F)F)c2c1.Cc1ccc2[nH]cc([C@](C[N+](=O)[O-])(c3c[nH]c4ccccc34)C(F)(F)F)c2c1. The van der Waals surface area contributed by atoms with Crippen molar-refractivity contribution in [3.8, 4) is 0 Å². The minimum atomic E-state index is -4.90. The molecule has 0 saturated heterocycles. The van der Waals surface area contributed by atoms with Crippen LogP contribution in [-0.4, -0.2) is 55.2 Å². The number of nitrogens with zero attached hydrogens (tertiary/aromatic N) is 2. The van der Waals surface area contributed by atoms with E-state index in [4.69, 9.17) is 0 Å². The van der Waals surface area contributed by atoms with Gasteiger partial charge in [0, 0.05) is 100 Å². The molecule has 0 aliphatic heterocycles. The summed E-state index contributed by atoms with van der Waals surface area (Å²) < 4.78 is 88.1. The maximum absolute atomic E-state index is 14.7. The second kappa shape index (κ2) is 13.6. The third-order valence-corrected chi connectivity index (χ3v) is 10.4. The van der Waals surface area contributed by atoms with Gasteiger partial charge in [0.25, 0.3) is 0 Å². The van der Waals surface area contributed by atoms with E-state index in [9.17, 15) is 46.6 Å². The topological polar surface area (TPSA) is 149 Å². The summed E-state index contributed by atoms with van der Waals surface area (Å²) in [6.07, 6.45) is -4.86. The van der Waals surface area contributed by atoms with Crippen LogP contribution in [0.3, 0.4) is 0 Å². The van der Waals surface area contributed by atoms with Gasteiger partial charge in [0.05, 0.1) is 0 Å². The van der Waals surface area contributed by atoms with E-state index in [0.29, 0.717) is 43.6 Å². The van der Waals surface area contributed by atoms with E-state index in [-0.39, 0.29) is 22.3 Å². The number of halogens is 6. The van der Waals surface area contributed by atoms with E-state index in [2.05, 4.69) is 19.9 Å². The average Bonchev–Trinajstić information content (AvgIpc) is 3.93. The summed E-state index contributed by atoms with van der Waals surface area (Å²) >= 11 is 0. The number of fused-ring (bicyclic) bond motifs is 4. The molecule has 10 nitrogen and oxygen atoms in total.